The zero-order chi connectivity index (χ0) is 12.4. The molecule has 0 radical (unpaired) electrons. The van der Waals surface area contributed by atoms with E-state index >= 15 is 0 Å². The smallest absolute Gasteiger partial charge is 0.294 e. The summed E-state index contributed by atoms with van der Waals surface area (Å²) in [5.41, 5.74) is 1.49. The molecule has 0 N–H and O–H groups in total. The Morgan fingerprint density at radius 2 is 2.35 bits per heavy atom. The second-order valence-corrected chi connectivity index (χ2v) is 6.30. The van der Waals surface area contributed by atoms with E-state index < -0.39 is 4.92 Å². The second-order valence-electron chi connectivity index (χ2n) is 2.90. The third-order valence-corrected chi connectivity index (χ3v) is 4.94. The Bertz CT molecular complexity index is 564. The van der Waals surface area contributed by atoms with Crippen molar-refractivity contribution in [3.63, 3.8) is 0 Å². The summed E-state index contributed by atoms with van der Waals surface area (Å²) in [5, 5.41) is 18.3. The number of hydrogen-bond acceptors (Lipinski definition) is 8. The molecule has 88 valence electrons. The highest BCUT2D eigenvalue weighted by molar-refractivity contribution is 8.02. The number of thiophene rings is 1. The van der Waals surface area contributed by atoms with Gasteiger partial charge in [0.15, 0.2) is 10.1 Å². The Morgan fingerprint density at radius 1 is 1.59 bits per heavy atom. The molecular weight excluding hydrogens is 282 g/mol. The molecule has 6 nitrogen and oxygen atoms in total. The highest BCUT2D eigenvalue weighted by Gasteiger charge is 2.22. The Hall–Kier alpha value is -1.32. The largest absolute Gasteiger partial charge is 0.294 e. The van der Waals surface area contributed by atoms with Crippen LogP contribution in [0.2, 0.25) is 0 Å². The van der Waals surface area contributed by atoms with Crippen molar-refractivity contribution in [2.24, 2.45) is 0 Å². The molecule has 2 aromatic heterocycles. The van der Waals surface area contributed by atoms with Gasteiger partial charge < -0.3 is 0 Å². The van der Waals surface area contributed by atoms with Gasteiger partial charge in [-0.25, -0.2) is 0 Å². The molecule has 9 heteroatoms. The Labute approximate surface area is 108 Å². The number of aromatic nitrogens is 2. The normalized spacial score (nSPS) is 10.4. The van der Waals surface area contributed by atoms with Crippen LogP contribution in [0.3, 0.4) is 0 Å². The molecule has 2 heterocycles. The van der Waals surface area contributed by atoms with E-state index in [2.05, 4.69) is 10.2 Å². The molecule has 0 aliphatic carbocycles. The number of carbonyl (C=O) groups is 1. The minimum atomic E-state index is -0.494. The summed E-state index contributed by atoms with van der Waals surface area (Å²) < 4.78 is 1.07. The maximum atomic E-state index is 11.2. The Morgan fingerprint density at radius 3 is 2.88 bits per heavy atom. The first-order valence-corrected chi connectivity index (χ1v) is 6.82. The van der Waals surface area contributed by atoms with Crippen molar-refractivity contribution >= 4 is 45.9 Å². The molecule has 0 aromatic carbocycles. The maximum Gasteiger partial charge on any atom is 0.294 e. The Balaban J connectivity index is 2.37. The monoisotopic (exact) mass is 287 g/mol. The number of rotatable bonds is 4. The van der Waals surface area contributed by atoms with Gasteiger partial charge in [-0.1, -0.05) is 11.3 Å². The number of ketones is 1. The van der Waals surface area contributed by atoms with Crippen molar-refractivity contribution in [3.05, 3.63) is 26.6 Å². The highest BCUT2D eigenvalue weighted by Crippen LogP contribution is 2.41. The lowest BCUT2D eigenvalue weighted by atomic mass is 10.3. The summed E-state index contributed by atoms with van der Waals surface area (Å²) in [4.78, 5) is 21.9. The van der Waals surface area contributed by atoms with Crippen LogP contribution in [0.5, 0.6) is 0 Å². The molecule has 0 aliphatic rings. The predicted molar refractivity (Wildman–Crippen MR) is 65.0 cm³/mol. The average molecular weight is 287 g/mol. The average Bonchev–Trinajstić information content (AvgIpc) is 2.87. The molecule has 0 amide bonds. The summed E-state index contributed by atoms with van der Waals surface area (Å²) in [6, 6.07) is 1.30. The van der Waals surface area contributed by atoms with Crippen LogP contribution in [-0.2, 0) is 0 Å². The van der Waals surface area contributed by atoms with E-state index in [4.69, 9.17) is 0 Å². The summed E-state index contributed by atoms with van der Waals surface area (Å²) in [5.74, 6) is -0.179. The van der Waals surface area contributed by atoms with Crippen LogP contribution in [0, 0.1) is 10.1 Å². The quantitative estimate of drug-likeness (QED) is 0.488. The van der Waals surface area contributed by atoms with Crippen LogP contribution in [0.15, 0.2) is 20.1 Å². The van der Waals surface area contributed by atoms with E-state index in [0.29, 0.717) is 13.4 Å². The fourth-order valence-corrected chi connectivity index (χ4v) is 3.94. The van der Waals surface area contributed by atoms with Crippen molar-refractivity contribution in [1.82, 2.24) is 10.2 Å². The Kier molecular flexibility index (Phi) is 3.50. The molecular formula is C8H5N3O3S3. The molecule has 0 fully saturated rings. The highest BCUT2D eigenvalue weighted by atomic mass is 32.2. The first-order valence-electron chi connectivity index (χ1n) is 4.31. The summed E-state index contributed by atoms with van der Waals surface area (Å²) in [6.45, 7) is 1.38. The molecule has 0 unspecified atom stereocenters. The maximum absolute atomic E-state index is 11.2. The lowest BCUT2D eigenvalue weighted by molar-refractivity contribution is -0.387. The fraction of sp³-hybridized carbons (Fsp3) is 0.125. The molecule has 0 atom stereocenters. The molecule has 2 aromatic rings. The van der Waals surface area contributed by atoms with Crippen molar-refractivity contribution in [2.75, 3.05) is 0 Å². The molecule has 2 rings (SSSR count). The van der Waals surface area contributed by atoms with Gasteiger partial charge in [0.2, 0.25) is 0 Å². The standard InChI is InChI=1S/C8H5N3O3S3/c1-4(12)6-2-5(11(13)14)7(16-6)17-8-10-9-3-15-8/h2-3H,1H3. The number of Topliss-reactive ketones (excluding diaryl/α,β-unsaturated/α-hetero) is 1. The minimum absolute atomic E-state index is 0.0552. The van der Waals surface area contributed by atoms with Crippen LogP contribution in [0.4, 0.5) is 5.69 Å². The van der Waals surface area contributed by atoms with E-state index in [1.165, 1.54) is 24.3 Å². The van der Waals surface area contributed by atoms with Crippen molar-refractivity contribution in [1.29, 1.82) is 0 Å². The first-order chi connectivity index (χ1) is 8.08. The van der Waals surface area contributed by atoms with Gasteiger partial charge in [-0.3, -0.25) is 14.9 Å². The molecule has 0 bridgehead atoms. The number of nitrogens with zero attached hydrogens (tertiary/aromatic N) is 3. The van der Waals surface area contributed by atoms with Crippen LogP contribution in [-0.4, -0.2) is 20.9 Å². The summed E-state index contributed by atoms with van der Waals surface area (Å²) in [6.07, 6.45) is 0. The number of nitro groups is 1. The van der Waals surface area contributed by atoms with Crippen LogP contribution in [0.25, 0.3) is 0 Å². The third-order valence-electron chi connectivity index (χ3n) is 1.74. The lowest BCUT2D eigenvalue weighted by Crippen LogP contribution is -1.87. The number of carbonyl (C=O) groups excluding carboxylic acids is 1. The first kappa shape index (κ1) is 12.1. The molecule has 0 aliphatic heterocycles. The second kappa shape index (κ2) is 4.90. The van der Waals surface area contributed by atoms with Crippen molar-refractivity contribution in [3.8, 4) is 0 Å². The third kappa shape index (κ3) is 2.68. The zero-order valence-electron chi connectivity index (χ0n) is 8.45. The lowest BCUT2D eigenvalue weighted by Gasteiger charge is -1.91. The van der Waals surface area contributed by atoms with E-state index in [0.717, 1.165) is 23.1 Å². The van der Waals surface area contributed by atoms with Gasteiger partial charge in [-0.15, -0.1) is 21.5 Å². The number of hydrogen-bond donors (Lipinski definition) is 0. The van der Waals surface area contributed by atoms with Gasteiger partial charge >= 0.3 is 0 Å². The topological polar surface area (TPSA) is 86.0 Å². The van der Waals surface area contributed by atoms with Gasteiger partial charge in [-0.05, 0) is 18.7 Å². The van der Waals surface area contributed by atoms with Crippen LogP contribution in [0.1, 0.15) is 16.6 Å². The SMILES string of the molecule is CC(=O)c1cc([N+](=O)[O-])c(Sc2nncs2)s1. The van der Waals surface area contributed by atoms with Crippen LogP contribution < -0.4 is 0 Å². The molecule has 0 saturated heterocycles. The molecule has 17 heavy (non-hydrogen) atoms. The molecule has 0 saturated carbocycles. The predicted octanol–water partition coefficient (Wildman–Crippen LogP) is 2.86. The van der Waals surface area contributed by atoms with Gasteiger partial charge in [-0.2, -0.15) is 0 Å². The van der Waals surface area contributed by atoms with E-state index in [-0.39, 0.29) is 11.5 Å². The van der Waals surface area contributed by atoms with Gasteiger partial charge in [0, 0.05) is 6.07 Å². The summed E-state index contributed by atoms with van der Waals surface area (Å²) >= 11 is 3.56. The van der Waals surface area contributed by atoms with Crippen molar-refractivity contribution < 1.29 is 9.72 Å². The van der Waals surface area contributed by atoms with E-state index in [9.17, 15) is 14.9 Å². The van der Waals surface area contributed by atoms with Crippen molar-refractivity contribution in [2.45, 2.75) is 15.5 Å². The fourth-order valence-electron chi connectivity index (χ4n) is 1.03. The zero-order valence-corrected chi connectivity index (χ0v) is 10.9. The molecule has 0 spiro atoms. The minimum Gasteiger partial charge on any atom is -0.294 e. The summed E-state index contributed by atoms with van der Waals surface area (Å²) in [7, 11) is 0. The van der Waals surface area contributed by atoms with E-state index in [1.807, 2.05) is 0 Å². The van der Waals surface area contributed by atoms with Gasteiger partial charge in [0.25, 0.3) is 5.69 Å². The van der Waals surface area contributed by atoms with Gasteiger partial charge in [0.05, 0.1) is 9.80 Å². The van der Waals surface area contributed by atoms with E-state index in [1.54, 1.807) is 5.51 Å². The van der Waals surface area contributed by atoms with Gasteiger partial charge in [0.1, 0.15) is 9.72 Å². The van der Waals surface area contributed by atoms with Crippen LogP contribution >= 0.6 is 34.4 Å².